The second-order valence-corrected chi connectivity index (χ2v) is 4.99. The molecule has 1 heterocycles. The zero-order valence-electron chi connectivity index (χ0n) is 12.2. The molecule has 3 rings (SSSR count). The Morgan fingerprint density at radius 2 is 1.59 bits per heavy atom. The first-order valence-electron chi connectivity index (χ1n) is 7.12. The van der Waals surface area contributed by atoms with Crippen LogP contribution < -0.4 is 21.5 Å². The molecule has 0 spiro atoms. The topological polar surface area (TPSA) is 24.1 Å². The number of hydrogen-bond acceptors (Lipinski definition) is 1. The highest BCUT2D eigenvalue weighted by Crippen LogP contribution is 2.20. The van der Waals surface area contributed by atoms with E-state index in [4.69, 9.17) is 5.11 Å². The normalized spacial score (nSPS) is 10.8. The smallest absolute Gasteiger partial charge is 0.171 e. The lowest BCUT2D eigenvalue weighted by atomic mass is 10.0. The summed E-state index contributed by atoms with van der Waals surface area (Å²) in [5.74, 6) is 0. The number of aliphatic hydroxyl groups is 1. The van der Waals surface area contributed by atoms with Gasteiger partial charge in [-0.3, -0.25) is 0 Å². The summed E-state index contributed by atoms with van der Waals surface area (Å²) in [4.78, 5) is 0. The first kappa shape index (κ1) is 16.4. The molecule has 0 fully saturated rings. The molecule has 0 atom stereocenters. The summed E-state index contributed by atoms with van der Waals surface area (Å²) in [7, 11) is 0. The van der Waals surface area contributed by atoms with Crippen LogP contribution in [-0.4, -0.2) is 11.7 Å². The van der Waals surface area contributed by atoms with E-state index in [1.807, 2.05) is 17.0 Å². The summed E-state index contributed by atoms with van der Waals surface area (Å²) in [6.07, 6.45) is 8.23. The van der Waals surface area contributed by atoms with E-state index in [0.717, 1.165) is 5.56 Å². The summed E-state index contributed by atoms with van der Waals surface area (Å²) in [6.45, 7) is 0.795. The van der Waals surface area contributed by atoms with E-state index in [9.17, 15) is 0 Å². The lowest BCUT2D eigenvalue weighted by Crippen LogP contribution is -3.00. The SMILES string of the molecule is OCC[n+]1ccc(C=Cc2cccc3ccccc23)cc1.[Br-]. The fourth-order valence-electron chi connectivity index (χ4n) is 2.43. The van der Waals surface area contributed by atoms with Crippen molar-refractivity contribution in [2.75, 3.05) is 6.61 Å². The van der Waals surface area contributed by atoms with Gasteiger partial charge in [0.15, 0.2) is 18.9 Å². The number of nitrogens with zero attached hydrogens (tertiary/aromatic N) is 1. The molecule has 0 bridgehead atoms. The third-order valence-corrected chi connectivity index (χ3v) is 3.55. The predicted molar refractivity (Wildman–Crippen MR) is 86.6 cm³/mol. The van der Waals surface area contributed by atoms with Crippen molar-refractivity contribution < 1.29 is 26.7 Å². The van der Waals surface area contributed by atoms with Crippen LogP contribution in [0.15, 0.2) is 67.0 Å². The van der Waals surface area contributed by atoms with Crippen LogP contribution in [0.3, 0.4) is 0 Å². The van der Waals surface area contributed by atoms with Crippen LogP contribution in [0.5, 0.6) is 0 Å². The fraction of sp³-hybridized carbons (Fsp3) is 0.105. The molecular formula is C19H18BrNO. The van der Waals surface area contributed by atoms with Crippen molar-refractivity contribution in [2.24, 2.45) is 0 Å². The van der Waals surface area contributed by atoms with E-state index in [1.54, 1.807) is 0 Å². The van der Waals surface area contributed by atoms with Crippen molar-refractivity contribution in [3.63, 3.8) is 0 Å². The predicted octanol–water partition coefficient (Wildman–Crippen LogP) is 0.294. The quantitative estimate of drug-likeness (QED) is 0.668. The van der Waals surface area contributed by atoms with Crippen LogP contribution in [-0.2, 0) is 6.54 Å². The van der Waals surface area contributed by atoms with Crippen molar-refractivity contribution in [1.29, 1.82) is 0 Å². The number of fused-ring (bicyclic) bond motifs is 1. The van der Waals surface area contributed by atoms with Gasteiger partial charge in [-0.15, -0.1) is 0 Å². The zero-order chi connectivity index (χ0) is 14.5. The molecule has 0 saturated carbocycles. The maximum atomic E-state index is 8.91. The average molecular weight is 356 g/mol. The summed E-state index contributed by atoms with van der Waals surface area (Å²) in [5.41, 5.74) is 2.37. The van der Waals surface area contributed by atoms with Gasteiger partial charge in [-0.1, -0.05) is 54.6 Å². The lowest BCUT2D eigenvalue weighted by Gasteiger charge is -2.01. The van der Waals surface area contributed by atoms with Gasteiger partial charge in [0.1, 0.15) is 6.61 Å². The molecule has 1 aromatic heterocycles. The third kappa shape index (κ3) is 3.81. The minimum absolute atomic E-state index is 0. The molecule has 0 aliphatic heterocycles. The van der Waals surface area contributed by atoms with Crippen LogP contribution in [0.25, 0.3) is 22.9 Å². The van der Waals surface area contributed by atoms with Crippen molar-refractivity contribution >= 4 is 22.9 Å². The Bertz CT molecular complexity index is 760. The van der Waals surface area contributed by atoms with Crippen molar-refractivity contribution in [2.45, 2.75) is 6.54 Å². The van der Waals surface area contributed by atoms with E-state index in [2.05, 4.69) is 66.7 Å². The second kappa shape index (κ2) is 7.87. The minimum atomic E-state index is 0. The number of pyridine rings is 1. The van der Waals surface area contributed by atoms with Gasteiger partial charge in [0.05, 0.1) is 0 Å². The Morgan fingerprint density at radius 1 is 0.864 bits per heavy atom. The molecule has 3 heteroatoms. The maximum absolute atomic E-state index is 8.91. The van der Waals surface area contributed by atoms with Gasteiger partial charge in [-0.25, -0.2) is 4.57 Å². The van der Waals surface area contributed by atoms with E-state index in [1.165, 1.54) is 16.3 Å². The molecule has 2 aromatic carbocycles. The van der Waals surface area contributed by atoms with Crippen molar-refractivity contribution in [1.82, 2.24) is 0 Å². The van der Waals surface area contributed by atoms with Gasteiger partial charge < -0.3 is 22.1 Å². The molecule has 0 aliphatic carbocycles. The van der Waals surface area contributed by atoms with Gasteiger partial charge >= 0.3 is 0 Å². The number of hydrogen-bond donors (Lipinski definition) is 1. The largest absolute Gasteiger partial charge is 1.00 e. The highest BCUT2D eigenvalue weighted by Gasteiger charge is 1.99. The Kier molecular flexibility index (Phi) is 5.87. The lowest BCUT2D eigenvalue weighted by molar-refractivity contribution is -0.698. The molecule has 22 heavy (non-hydrogen) atoms. The highest BCUT2D eigenvalue weighted by molar-refractivity contribution is 5.92. The van der Waals surface area contributed by atoms with E-state index < -0.39 is 0 Å². The Hall–Kier alpha value is -1.97. The van der Waals surface area contributed by atoms with E-state index >= 15 is 0 Å². The molecule has 112 valence electrons. The molecule has 3 aromatic rings. The molecule has 2 nitrogen and oxygen atoms in total. The third-order valence-electron chi connectivity index (χ3n) is 3.55. The van der Waals surface area contributed by atoms with Gasteiger partial charge in [-0.2, -0.15) is 0 Å². The number of aliphatic hydroxyl groups excluding tert-OH is 1. The van der Waals surface area contributed by atoms with Crippen LogP contribution in [0.4, 0.5) is 0 Å². The van der Waals surface area contributed by atoms with Crippen LogP contribution in [0.2, 0.25) is 0 Å². The van der Waals surface area contributed by atoms with Gasteiger partial charge in [0.25, 0.3) is 0 Å². The Balaban J connectivity index is 0.00000176. The Morgan fingerprint density at radius 3 is 2.36 bits per heavy atom. The van der Waals surface area contributed by atoms with Crippen molar-refractivity contribution in [3.8, 4) is 0 Å². The summed E-state index contributed by atoms with van der Waals surface area (Å²) < 4.78 is 1.97. The molecule has 0 aliphatic rings. The molecule has 0 radical (unpaired) electrons. The minimum Gasteiger partial charge on any atom is -1.00 e. The highest BCUT2D eigenvalue weighted by atomic mass is 79.9. The van der Waals surface area contributed by atoms with Crippen LogP contribution in [0.1, 0.15) is 11.1 Å². The number of aromatic nitrogens is 1. The molecule has 0 unspecified atom stereocenters. The summed E-state index contributed by atoms with van der Waals surface area (Å²) >= 11 is 0. The zero-order valence-corrected chi connectivity index (χ0v) is 13.8. The monoisotopic (exact) mass is 355 g/mol. The van der Waals surface area contributed by atoms with E-state index in [-0.39, 0.29) is 23.6 Å². The number of halogens is 1. The van der Waals surface area contributed by atoms with Gasteiger partial charge in [-0.05, 0) is 21.9 Å². The standard InChI is InChI=1S/C19H18NO.BrH/c21-15-14-20-12-10-16(11-13-20)8-9-18-6-3-5-17-4-1-2-7-19(17)18;/h1-13,21H,14-15H2;1H/q+1;/p-1. The van der Waals surface area contributed by atoms with Gasteiger partial charge in [0, 0.05) is 12.1 Å². The maximum Gasteiger partial charge on any atom is 0.171 e. The van der Waals surface area contributed by atoms with Crippen LogP contribution in [0, 0.1) is 0 Å². The fourth-order valence-corrected chi connectivity index (χ4v) is 2.43. The van der Waals surface area contributed by atoms with Crippen molar-refractivity contribution in [3.05, 3.63) is 78.1 Å². The summed E-state index contributed by atoms with van der Waals surface area (Å²) in [5, 5.41) is 11.4. The number of benzene rings is 2. The second-order valence-electron chi connectivity index (χ2n) is 4.99. The molecular weight excluding hydrogens is 338 g/mol. The first-order chi connectivity index (χ1) is 10.4. The van der Waals surface area contributed by atoms with Crippen LogP contribution >= 0.6 is 0 Å². The average Bonchev–Trinajstić information content (AvgIpc) is 2.54. The molecule has 1 N–H and O–H groups in total. The molecule has 0 saturated heterocycles. The Labute approximate surface area is 141 Å². The number of rotatable bonds is 4. The van der Waals surface area contributed by atoms with Gasteiger partial charge in [0.2, 0.25) is 0 Å². The molecule has 0 amide bonds. The summed E-state index contributed by atoms with van der Waals surface area (Å²) in [6, 6.07) is 18.9. The first-order valence-corrected chi connectivity index (χ1v) is 7.12. The van der Waals surface area contributed by atoms with E-state index in [0.29, 0.717) is 6.54 Å².